The topological polar surface area (TPSA) is 83.7 Å². The van der Waals surface area contributed by atoms with Crippen LogP contribution in [0.5, 0.6) is 11.5 Å². The summed E-state index contributed by atoms with van der Waals surface area (Å²) in [5, 5.41) is 12.6. The number of carbonyl (C=O) groups is 1. The molecule has 3 rings (SSSR count). The number of hydrogen-bond acceptors (Lipinski definition) is 5. The van der Waals surface area contributed by atoms with E-state index in [2.05, 4.69) is 26.5 Å². The van der Waals surface area contributed by atoms with Crippen molar-refractivity contribution in [3.63, 3.8) is 0 Å². The molecule has 0 aliphatic rings. The van der Waals surface area contributed by atoms with E-state index < -0.39 is 11.7 Å². The van der Waals surface area contributed by atoms with Gasteiger partial charge in [0.25, 0.3) is 5.91 Å². The summed E-state index contributed by atoms with van der Waals surface area (Å²) in [6.07, 6.45) is 1.36. The molecule has 32 heavy (non-hydrogen) atoms. The lowest BCUT2D eigenvalue weighted by Gasteiger charge is -2.13. The number of benzene rings is 3. The van der Waals surface area contributed by atoms with Crippen LogP contribution in [0.2, 0.25) is 0 Å². The van der Waals surface area contributed by atoms with Gasteiger partial charge in [-0.25, -0.2) is 14.2 Å². The van der Waals surface area contributed by atoms with Crippen LogP contribution in [0.4, 0.5) is 8.78 Å². The number of halogens is 3. The molecule has 0 bridgehead atoms. The molecule has 0 saturated heterocycles. The highest BCUT2D eigenvalue weighted by molar-refractivity contribution is 9.10. The van der Waals surface area contributed by atoms with E-state index in [1.165, 1.54) is 37.6 Å². The fourth-order valence-corrected chi connectivity index (χ4v) is 3.26. The number of carbonyl (C=O) groups excluding carboxylic acids is 1. The summed E-state index contributed by atoms with van der Waals surface area (Å²) < 4.78 is 38.7. The van der Waals surface area contributed by atoms with E-state index >= 15 is 0 Å². The van der Waals surface area contributed by atoms with Crippen molar-refractivity contribution in [2.24, 2.45) is 5.10 Å². The number of methoxy groups -OCH3 is 1. The van der Waals surface area contributed by atoms with E-state index in [1.807, 2.05) is 0 Å². The number of nitrogens with zero attached hydrogens (tertiary/aromatic N) is 2. The highest BCUT2D eigenvalue weighted by Gasteiger charge is 2.13. The summed E-state index contributed by atoms with van der Waals surface area (Å²) in [5.74, 6) is -1.05. The van der Waals surface area contributed by atoms with Gasteiger partial charge in [0.2, 0.25) is 0 Å². The molecule has 9 heteroatoms. The van der Waals surface area contributed by atoms with Crippen LogP contribution in [0.15, 0.2) is 64.2 Å². The maximum Gasteiger partial charge on any atom is 0.274 e. The van der Waals surface area contributed by atoms with Gasteiger partial charge in [-0.05, 0) is 69.5 Å². The zero-order valence-corrected chi connectivity index (χ0v) is 18.3. The summed E-state index contributed by atoms with van der Waals surface area (Å²) >= 11 is 3.41. The van der Waals surface area contributed by atoms with Crippen LogP contribution in [0.25, 0.3) is 0 Å². The highest BCUT2D eigenvalue weighted by Crippen LogP contribution is 2.36. The predicted molar refractivity (Wildman–Crippen MR) is 118 cm³/mol. The Balaban J connectivity index is 1.69. The average Bonchev–Trinajstić information content (AvgIpc) is 2.78. The molecule has 0 spiro atoms. The summed E-state index contributed by atoms with van der Waals surface area (Å²) in [5.41, 5.74) is 3.47. The third kappa shape index (κ3) is 5.68. The molecule has 0 atom stereocenters. The Labute approximate surface area is 191 Å². The molecule has 0 aromatic heterocycles. The van der Waals surface area contributed by atoms with Crippen molar-refractivity contribution in [2.75, 3.05) is 7.11 Å². The summed E-state index contributed by atoms with van der Waals surface area (Å²) in [6, 6.07) is 14.6. The summed E-state index contributed by atoms with van der Waals surface area (Å²) in [7, 11) is 1.48. The Hall–Kier alpha value is -3.77. The lowest BCUT2D eigenvalue weighted by Crippen LogP contribution is -2.19. The lowest BCUT2D eigenvalue weighted by molar-refractivity contribution is 0.0951. The van der Waals surface area contributed by atoms with E-state index in [-0.39, 0.29) is 23.6 Å². The smallest absolute Gasteiger partial charge is 0.274 e. The zero-order valence-electron chi connectivity index (χ0n) is 16.7. The van der Waals surface area contributed by atoms with Gasteiger partial charge in [0.05, 0.1) is 35.0 Å². The van der Waals surface area contributed by atoms with Gasteiger partial charge in [0.15, 0.2) is 11.5 Å². The molecular formula is C23H16BrF2N3O3. The van der Waals surface area contributed by atoms with Crippen molar-refractivity contribution in [3.05, 3.63) is 93.0 Å². The SMILES string of the molecule is COc1cc(/C=N\NC(=O)c2ccc(C#N)cc2F)cc(Br)c1OCc1ccc(F)cc1. The van der Waals surface area contributed by atoms with Gasteiger partial charge in [0, 0.05) is 0 Å². The van der Waals surface area contributed by atoms with Crippen molar-refractivity contribution in [1.82, 2.24) is 5.43 Å². The van der Waals surface area contributed by atoms with E-state index in [9.17, 15) is 13.6 Å². The van der Waals surface area contributed by atoms with Gasteiger partial charge >= 0.3 is 0 Å². The second-order valence-corrected chi connectivity index (χ2v) is 7.31. The minimum atomic E-state index is -0.816. The Morgan fingerprint density at radius 1 is 1.19 bits per heavy atom. The maximum atomic E-state index is 13.9. The second kappa shape index (κ2) is 10.5. The molecule has 3 aromatic carbocycles. The number of nitriles is 1. The van der Waals surface area contributed by atoms with Crippen molar-refractivity contribution in [1.29, 1.82) is 5.26 Å². The Morgan fingerprint density at radius 2 is 1.94 bits per heavy atom. The number of nitrogens with one attached hydrogen (secondary N) is 1. The first-order chi connectivity index (χ1) is 15.4. The molecule has 0 radical (unpaired) electrons. The Kier molecular flexibility index (Phi) is 7.52. The van der Waals surface area contributed by atoms with Gasteiger partial charge in [-0.3, -0.25) is 4.79 Å². The fourth-order valence-electron chi connectivity index (χ4n) is 2.68. The zero-order chi connectivity index (χ0) is 23.1. The monoisotopic (exact) mass is 499 g/mol. The molecule has 1 N–H and O–H groups in total. The molecular weight excluding hydrogens is 484 g/mol. The molecule has 1 amide bonds. The minimum Gasteiger partial charge on any atom is -0.493 e. The van der Waals surface area contributed by atoms with Crippen molar-refractivity contribution < 1.29 is 23.0 Å². The molecule has 0 aliphatic heterocycles. The van der Waals surface area contributed by atoms with Crippen molar-refractivity contribution in [2.45, 2.75) is 6.61 Å². The van der Waals surface area contributed by atoms with Gasteiger partial charge in [0.1, 0.15) is 18.2 Å². The van der Waals surface area contributed by atoms with E-state index in [1.54, 1.807) is 30.3 Å². The van der Waals surface area contributed by atoms with E-state index in [0.29, 0.717) is 21.5 Å². The first-order valence-electron chi connectivity index (χ1n) is 9.19. The number of ether oxygens (including phenoxy) is 2. The predicted octanol–water partition coefficient (Wildman–Crippen LogP) is 4.95. The van der Waals surface area contributed by atoms with Crippen LogP contribution in [0.3, 0.4) is 0 Å². The first-order valence-corrected chi connectivity index (χ1v) is 9.98. The average molecular weight is 500 g/mol. The fraction of sp³-hybridized carbons (Fsp3) is 0.0870. The molecule has 0 saturated carbocycles. The van der Waals surface area contributed by atoms with Crippen molar-refractivity contribution in [3.8, 4) is 17.6 Å². The molecule has 0 heterocycles. The van der Waals surface area contributed by atoms with Gasteiger partial charge in [-0.1, -0.05) is 12.1 Å². The third-order valence-corrected chi connectivity index (χ3v) is 4.86. The van der Waals surface area contributed by atoms with Gasteiger partial charge in [-0.2, -0.15) is 10.4 Å². The molecule has 6 nitrogen and oxygen atoms in total. The summed E-state index contributed by atoms with van der Waals surface area (Å²) in [4.78, 5) is 12.1. The number of hydrogen-bond donors (Lipinski definition) is 1. The largest absolute Gasteiger partial charge is 0.493 e. The maximum absolute atomic E-state index is 13.9. The standard InChI is InChI=1S/C23H16BrF2N3O3/c1-31-21-10-16(8-19(24)22(21)32-13-14-2-5-17(25)6-3-14)12-28-29-23(30)18-7-4-15(11-27)9-20(18)26/h2-10,12H,13H2,1H3,(H,29,30)/b28-12-. The second-order valence-electron chi connectivity index (χ2n) is 6.45. The molecule has 3 aromatic rings. The van der Waals surface area contributed by atoms with E-state index in [0.717, 1.165) is 11.6 Å². The molecule has 0 aliphatic carbocycles. The quantitative estimate of drug-likeness (QED) is 0.368. The van der Waals surface area contributed by atoms with Crippen LogP contribution in [-0.2, 0) is 6.61 Å². The van der Waals surface area contributed by atoms with Gasteiger partial charge in [-0.15, -0.1) is 0 Å². The highest BCUT2D eigenvalue weighted by atomic mass is 79.9. The van der Waals surface area contributed by atoms with Crippen LogP contribution >= 0.6 is 15.9 Å². The molecule has 162 valence electrons. The van der Waals surface area contributed by atoms with Crippen LogP contribution in [-0.4, -0.2) is 19.2 Å². The Morgan fingerprint density at radius 3 is 2.59 bits per heavy atom. The summed E-state index contributed by atoms with van der Waals surface area (Å²) in [6.45, 7) is 0.203. The third-order valence-electron chi connectivity index (χ3n) is 4.27. The number of rotatable bonds is 7. The Bertz CT molecular complexity index is 1210. The van der Waals surface area contributed by atoms with E-state index in [4.69, 9.17) is 14.7 Å². The van der Waals surface area contributed by atoms with Crippen molar-refractivity contribution >= 4 is 28.1 Å². The molecule has 0 unspecified atom stereocenters. The lowest BCUT2D eigenvalue weighted by atomic mass is 10.1. The minimum absolute atomic E-state index is 0.112. The van der Waals surface area contributed by atoms with Gasteiger partial charge < -0.3 is 9.47 Å². The van der Waals surface area contributed by atoms with Crippen LogP contribution in [0.1, 0.15) is 27.0 Å². The first kappa shape index (κ1) is 22.9. The number of amides is 1. The normalized spacial score (nSPS) is 10.6. The van der Waals surface area contributed by atoms with Crippen LogP contribution < -0.4 is 14.9 Å². The molecule has 0 fully saturated rings. The number of hydrazone groups is 1. The van der Waals surface area contributed by atoms with Crippen LogP contribution in [0, 0.1) is 23.0 Å².